The second-order valence-corrected chi connectivity index (χ2v) is 7.34. The molecule has 0 saturated carbocycles. The maximum atomic E-state index is 12.8. The van der Waals surface area contributed by atoms with Crippen LogP contribution < -0.4 is 15.7 Å². The third-order valence-electron chi connectivity index (χ3n) is 4.27. The first-order chi connectivity index (χ1) is 14.4. The number of ether oxygens (including phenoxy) is 1. The van der Waals surface area contributed by atoms with Crippen LogP contribution in [-0.2, 0) is 0 Å². The van der Waals surface area contributed by atoms with Gasteiger partial charge in [0.15, 0.2) is 0 Å². The van der Waals surface area contributed by atoms with E-state index < -0.39 is 11.5 Å². The van der Waals surface area contributed by atoms with E-state index in [2.05, 4.69) is 10.4 Å². The standard InChI is InChI=1S/C22H18ClN3O4/c1-13(2)29-17-7-8-18-19(10-21(27)30-20(18)9-17)22(28)25-15-3-5-16(6-4-15)26-12-14(23)11-24-26/h3-13H,1-2H3,(H,25,28). The van der Waals surface area contributed by atoms with Gasteiger partial charge in [-0.1, -0.05) is 11.6 Å². The summed E-state index contributed by atoms with van der Waals surface area (Å²) in [5, 5.41) is 7.99. The minimum absolute atomic E-state index is 0.0265. The number of benzene rings is 2. The summed E-state index contributed by atoms with van der Waals surface area (Å²) >= 11 is 5.89. The lowest BCUT2D eigenvalue weighted by Gasteiger charge is -2.11. The Balaban J connectivity index is 1.60. The van der Waals surface area contributed by atoms with E-state index in [1.807, 2.05) is 13.8 Å². The van der Waals surface area contributed by atoms with Crippen molar-refractivity contribution in [3.05, 3.63) is 81.9 Å². The quantitative estimate of drug-likeness (QED) is 0.471. The number of carbonyl (C=O) groups is 1. The molecule has 7 nitrogen and oxygen atoms in total. The van der Waals surface area contributed by atoms with Gasteiger partial charge in [0.1, 0.15) is 11.3 Å². The number of amides is 1. The Hall–Kier alpha value is -3.58. The second-order valence-electron chi connectivity index (χ2n) is 6.91. The van der Waals surface area contributed by atoms with E-state index in [1.54, 1.807) is 59.5 Å². The Morgan fingerprint density at radius 3 is 2.60 bits per heavy atom. The van der Waals surface area contributed by atoms with Gasteiger partial charge in [0.2, 0.25) is 0 Å². The zero-order valence-electron chi connectivity index (χ0n) is 16.3. The van der Waals surface area contributed by atoms with Crippen LogP contribution in [-0.4, -0.2) is 21.8 Å². The van der Waals surface area contributed by atoms with Crippen molar-refractivity contribution in [1.29, 1.82) is 0 Å². The van der Waals surface area contributed by atoms with Gasteiger partial charge in [0.25, 0.3) is 5.91 Å². The van der Waals surface area contributed by atoms with E-state index in [0.717, 1.165) is 5.69 Å². The highest BCUT2D eigenvalue weighted by atomic mass is 35.5. The molecule has 152 valence electrons. The van der Waals surface area contributed by atoms with Crippen molar-refractivity contribution < 1.29 is 13.9 Å². The van der Waals surface area contributed by atoms with E-state index in [1.165, 1.54) is 6.07 Å². The molecule has 0 saturated heterocycles. The van der Waals surface area contributed by atoms with Crippen molar-refractivity contribution in [2.75, 3.05) is 5.32 Å². The summed E-state index contributed by atoms with van der Waals surface area (Å²) in [6.45, 7) is 3.80. The summed E-state index contributed by atoms with van der Waals surface area (Å²) < 4.78 is 12.5. The maximum absolute atomic E-state index is 12.8. The Kier molecular flexibility index (Phi) is 5.29. The predicted octanol–water partition coefficient (Wildman–Crippen LogP) is 4.67. The Labute approximate surface area is 176 Å². The molecule has 4 rings (SSSR count). The lowest BCUT2D eigenvalue weighted by molar-refractivity contribution is 0.102. The van der Waals surface area contributed by atoms with Crippen LogP contribution in [0, 0.1) is 0 Å². The smallest absolute Gasteiger partial charge is 0.337 e. The lowest BCUT2D eigenvalue weighted by Crippen LogP contribution is -2.15. The number of halogens is 1. The highest BCUT2D eigenvalue weighted by molar-refractivity contribution is 6.30. The molecule has 1 amide bonds. The SMILES string of the molecule is CC(C)Oc1ccc2c(C(=O)Nc3ccc(-n4cc(Cl)cn4)cc3)cc(=O)oc2c1. The van der Waals surface area contributed by atoms with Gasteiger partial charge in [-0.3, -0.25) is 4.79 Å². The zero-order chi connectivity index (χ0) is 21.3. The summed E-state index contributed by atoms with van der Waals surface area (Å²) in [7, 11) is 0. The van der Waals surface area contributed by atoms with E-state index >= 15 is 0 Å². The van der Waals surface area contributed by atoms with E-state index in [0.29, 0.717) is 21.8 Å². The molecule has 0 aliphatic carbocycles. The van der Waals surface area contributed by atoms with E-state index in [9.17, 15) is 9.59 Å². The Morgan fingerprint density at radius 2 is 1.93 bits per heavy atom. The maximum Gasteiger partial charge on any atom is 0.337 e. The molecular weight excluding hydrogens is 406 g/mol. The van der Waals surface area contributed by atoms with Crippen LogP contribution in [0.3, 0.4) is 0 Å². The van der Waals surface area contributed by atoms with Gasteiger partial charge in [-0.25, -0.2) is 9.48 Å². The monoisotopic (exact) mass is 423 g/mol. The number of nitrogens with zero attached hydrogens (tertiary/aromatic N) is 2. The van der Waals surface area contributed by atoms with Crippen molar-refractivity contribution in [3.8, 4) is 11.4 Å². The number of carbonyl (C=O) groups excluding carboxylic acids is 1. The van der Waals surface area contributed by atoms with Gasteiger partial charge in [-0.15, -0.1) is 0 Å². The van der Waals surface area contributed by atoms with Crippen LogP contribution in [0.1, 0.15) is 24.2 Å². The summed E-state index contributed by atoms with van der Waals surface area (Å²) in [6, 6.07) is 13.3. The molecule has 0 unspecified atom stereocenters. The van der Waals surface area contributed by atoms with Gasteiger partial charge in [0, 0.05) is 29.4 Å². The van der Waals surface area contributed by atoms with Crippen molar-refractivity contribution in [3.63, 3.8) is 0 Å². The van der Waals surface area contributed by atoms with E-state index in [4.69, 9.17) is 20.8 Å². The van der Waals surface area contributed by atoms with Gasteiger partial charge in [0.05, 0.1) is 28.6 Å². The van der Waals surface area contributed by atoms with Crippen LogP contribution in [0.15, 0.2) is 70.1 Å². The minimum atomic E-state index is -0.611. The Bertz CT molecular complexity index is 1280. The van der Waals surface area contributed by atoms with Crippen LogP contribution >= 0.6 is 11.6 Å². The Morgan fingerprint density at radius 1 is 1.17 bits per heavy atom. The number of hydrogen-bond donors (Lipinski definition) is 1. The van der Waals surface area contributed by atoms with Crippen LogP contribution in [0.25, 0.3) is 16.7 Å². The van der Waals surface area contributed by atoms with Crippen molar-refractivity contribution >= 4 is 34.2 Å². The number of rotatable bonds is 5. The summed E-state index contributed by atoms with van der Waals surface area (Å²) in [4.78, 5) is 24.8. The lowest BCUT2D eigenvalue weighted by atomic mass is 10.1. The molecule has 0 aliphatic rings. The normalized spacial score (nSPS) is 11.1. The molecule has 0 spiro atoms. The molecule has 4 aromatic rings. The van der Waals surface area contributed by atoms with Crippen molar-refractivity contribution in [2.45, 2.75) is 20.0 Å². The van der Waals surface area contributed by atoms with Gasteiger partial charge in [-0.05, 0) is 50.2 Å². The number of fused-ring (bicyclic) bond motifs is 1. The molecule has 0 fully saturated rings. The third-order valence-corrected chi connectivity index (χ3v) is 4.47. The van der Waals surface area contributed by atoms with Crippen LogP contribution in [0.2, 0.25) is 5.02 Å². The average molecular weight is 424 g/mol. The number of hydrogen-bond acceptors (Lipinski definition) is 5. The third kappa shape index (κ3) is 4.21. The molecular formula is C22H18ClN3O4. The average Bonchev–Trinajstić information content (AvgIpc) is 3.13. The second kappa shape index (κ2) is 8.04. The first-order valence-corrected chi connectivity index (χ1v) is 9.63. The highest BCUT2D eigenvalue weighted by Crippen LogP contribution is 2.24. The number of aromatic nitrogens is 2. The molecule has 2 aromatic heterocycles. The van der Waals surface area contributed by atoms with Gasteiger partial charge < -0.3 is 14.5 Å². The summed E-state index contributed by atoms with van der Waals surface area (Å²) in [5.74, 6) is 0.146. The topological polar surface area (TPSA) is 86.4 Å². The van der Waals surface area contributed by atoms with Gasteiger partial charge >= 0.3 is 5.63 Å². The first kappa shape index (κ1) is 19.7. The van der Waals surface area contributed by atoms with Crippen LogP contribution in [0.5, 0.6) is 5.75 Å². The molecule has 0 bridgehead atoms. The van der Waals surface area contributed by atoms with E-state index in [-0.39, 0.29) is 17.3 Å². The molecule has 8 heteroatoms. The fraction of sp³-hybridized carbons (Fsp3) is 0.136. The number of anilines is 1. The fourth-order valence-electron chi connectivity index (χ4n) is 3.01. The minimum Gasteiger partial charge on any atom is -0.491 e. The largest absolute Gasteiger partial charge is 0.491 e. The van der Waals surface area contributed by atoms with Crippen molar-refractivity contribution in [2.24, 2.45) is 0 Å². The molecule has 0 aliphatic heterocycles. The van der Waals surface area contributed by atoms with Gasteiger partial charge in [-0.2, -0.15) is 5.10 Å². The fourth-order valence-corrected chi connectivity index (χ4v) is 3.15. The molecule has 0 atom stereocenters. The van der Waals surface area contributed by atoms with Crippen LogP contribution in [0.4, 0.5) is 5.69 Å². The predicted molar refractivity (Wildman–Crippen MR) is 115 cm³/mol. The zero-order valence-corrected chi connectivity index (χ0v) is 17.0. The summed E-state index contributed by atoms with van der Waals surface area (Å²) in [6.07, 6.45) is 3.20. The molecule has 0 radical (unpaired) electrons. The molecule has 30 heavy (non-hydrogen) atoms. The first-order valence-electron chi connectivity index (χ1n) is 9.25. The van der Waals surface area contributed by atoms with Crippen molar-refractivity contribution in [1.82, 2.24) is 9.78 Å². The number of nitrogens with one attached hydrogen (secondary N) is 1. The highest BCUT2D eigenvalue weighted by Gasteiger charge is 2.15. The molecule has 2 heterocycles. The molecule has 1 N–H and O–H groups in total. The summed E-state index contributed by atoms with van der Waals surface area (Å²) in [5.41, 5.74) is 1.27. The molecule has 2 aromatic carbocycles.